The first kappa shape index (κ1) is 17.9. The number of hydrazone groups is 1. The second kappa shape index (κ2) is 8.01. The molecule has 0 aliphatic heterocycles. The molecule has 3 aromatic carbocycles. The normalized spacial score (nSPS) is 10.9. The molecule has 0 saturated carbocycles. The van der Waals surface area contributed by atoms with Crippen molar-refractivity contribution in [2.75, 3.05) is 14.2 Å². The van der Waals surface area contributed by atoms with Gasteiger partial charge in [0.1, 0.15) is 0 Å². The predicted octanol–water partition coefficient (Wildman–Crippen LogP) is 4.38. The molecule has 5 nitrogen and oxygen atoms in total. The Labute approximate surface area is 159 Å². The topological polar surface area (TPSA) is 59.9 Å². The summed E-state index contributed by atoms with van der Waals surface area (Å²) in [7, 11) is 3.13. The molecule has 0 bridgehead atoms. The summed E-state index contributed by atoms with van der Waals surface area (Å²) in [5, 5.41) is 6.13. The second-order valence-corrected chi connectivity index (χ2v) is 6.34. The highest BCUT2D eigenvalue weighted by atomic mass is 79.9. The third-order valence-corrected chi connectivity index (χ3v) is 4.57. The predicted molar refractivity (Wildman–Crippen MR) is 106 cm³/mol. The Balaban J connectivity index is 1.76. The molecule has 6 heteroatoms. The van der Waals surface area contributed by atoms with Crippen LogP contribution in [0.2, 0.25) is 0 Å². The lowest BCUT2D eigenvalue weighted by Crippen LogP contribution is -2.17. The molecule has 0 fully saturated rings. The van der Waals surface area contributed by atoms with E-state index in [-0.39, 0.29) is 5.91 Å². The van der Waals surface area contributed by atoms with Gasteiger partial charge in [0, 0.05) is 15.6 Å². The fourth-order valence-electron chi connectivity index (χ4n) is 2.52. The maximum atomic E-state index is 12.3. The van der Waals surface area contributed by atoms with Crippen LogP contribution < -0.4 is 14.9 Å². The Hall–Kier alpha value is -2.86. The molecule has 132 valence electrons. The van der Waals surface area contributed by atoms with E-state index in [1.54, 1.807) is 38.6 Å². The fourth-order valence-corrected chi connectivity index (χ4v) is 2.95. The van der Waals surface area contributed by atoms with Gasteiger partial charge in [-0.05, 0) is 51.0 Å². The highest BCUT2D eigenvalue weighted by Crippen LogP contribution is 2.32. The summed E-state index contributed by atoms with van der Waals surface area (Å²) in [6.45, 7) is 0. The van der Waals surface area contributed by atoms with Gasteiger partial charge in [0.15, 0.2) is 11.5 Å². The minimum atomic E-state index is -0.274. The number of halogens is 1. The third kappa shape index (κ3) is 3.86. The van der Waals surface area contributed by atoms with E-state index < -0.39 is 0 Å². The molecule has 0 atom stereocenters. The highest BCUT2D eigenvalue weighted by molar-refractivity contribution is 9.10. The first-order valence-electron chi connectivity index (χ1n) is 7.86. The summed E-state index contributed by atoms with van der Waals surface area (Å²) in [5.41, 5.74) is 3.84. The molecular weight excluding hydrogens is 396 g/mol. The van der Waals surface area contributed by atoms with Gasteiger partial charge in [-0.1, -0.05) is 30.3 Å². The van der Waals surface area contributed by atoms with Crippen molar-refractivity contribution in [2.24, 2.45) is 5.10 Å². The molecule has 3 aromatic rings. The van der Waals surface area contributed by atoms with E-state index in [0.717, 1.165) is 20.8 Å². The number of fused-ring (bicyclic) bond motifs is 1. The smallest absolute Gasteiger partial charge is 0.271 e. The quantitative estimate of drug-likeness (QED) is 0.499. The van der Waals surface area contributed by atoms with E-state index in [2.05, 4.69) is 26.5 Å². The molecule has 3 rings (SSSR count). The summed E-state index contributed by atoms with van der Waals surface area (Å²) in [6, 6.07) is 17.0. The van der Waals surface area contributed by atoms with Crippen LogP contribution >= 0.6 is 15.9 Å². The second-order valence-electron chi connectivity index (χ2n) is 5.49. The van der Waals surface area contributed by atoms with Crippen LogP contribution in [0.25, 0.3) is 10.8 Å². The number of carbonyl (C=O) groups is 1. The number of ether oxygens (including phenoxy) is 2. The molecule has 0 aliphatic rings. The average molecular weight is 413 g/mol. The van der Waals surface area contributed by atoms with Gasteiger partial charge in [-0.3, -0.25) is 4.79 Å². The Bertz CT molecular complexity index is 986. The monoisotopic (exact) mass is 412 g/mol. The van der Waals surface area contributed by atoms with Crippen molar-refractivity contribution < 1.29 is 14.3 Å². The Kier molecular flexibility index (Phi) is 5.53. The van der Waals surface area contributed by atoms with Gasteiger partial charge < -0.3 is 9.47 Å². The van der Waals surface area contributed by atoms with Gasteiger partial charge in [0.05, 0.1) is 20.4 Å². The summed E-state index contributed by atoms with van der Waals surface area (Å²) in [5.74, 6) is 0.915. The van der Waals surface area contributed by atoms with Gasteiger partial charge in [0.2, 0.25) is 0 Å². The number of hydrogen-bond acceptors (Lipinski definition) is 4. The van der Waals surface area contributed by atoms with E-state index in [9.17, 15) is 4.79 Å². The molecule has 0 unspecified atom stereocenters. The average Bonchev–Trinajstić information content (AvgIpc) is 2.68. The van der Waals surface area contributed by atoms with Crippen LogP contribution in [-0.4, -0.2) is 26.3 Å². The Morgan fingerprint density at radius 1 is 1.00 bits per heavy atom. The zero-order valence-electron chi connectivity index (χ0n) is 14.3. The number of amides is 1. The number of hydrogen-bond donors (Lipinski definition) is 1. The standard InChI is InChI=1S/C20H17BrN2O3/c1-25-18-10-16(17(21)11-19(18)26-2)12-22-23-20(24)15-8-7-13-5-3-4-6-14(13)9-15/h3-12H,1-2H3,(H,23,24)/b22-12+. The minimum absolute atomic E-state index is 0.274. The van der Waals surface area contributed by atoms with Crippen LogP contribution in [0, 0.1) is 0 Å². The maximum Gasteiger partial charge on any atom is 0.271 e. The minimum Gasteiger partial charge on any atom is -0.493 e. The molecule has 0 spiro atoms. The SMILES string of the molecule is COc1cc(Br)c(/C=N/NC(=O)c2ccc3ccccc3c2)cc1OC. The lowest BCUT2D eigenvalue weighted by molar-refractivity contribution is 0.0955. The zero-order chi connectivity index (χ0) is 18.5. The molecule has 26 heavy (non-hydrogen) atoms. The molecule has 0 saturated heterocycles. The van der Waals surface area contributed by atoms with Gasteiger partial charge in [-0.25, -0.2) is 5.43 Å². The van der Waals surface area contributed by atoms with Gasteiger partial charge in [-0.15, -0.1) is 0 Å². The van der Waals surface area contributed by atoms with E-state index >= 15 is 0 Å². The van der Waals surface area contributed by atoms with Crippen LogP contribution in [0.3, 0.4) is 0 Å². The molecule has 0 radical (unpaired) electrons. The van der Waals surface area contributed by atoms with Crippen molar-refractivity contribution in [1.82, 2.24) is 5.43 Å². The number of nitrogens with zero attached hydrogens (tertiary/aromatic N) is 1. The molecule has 0 aliphatic carbocycles. The number of nitrogens with one attached hydrogen (secondary N) is 1. The van der Waals surface area contributed by atoms with Gasteiger partial charge in [-0.2, -0.15) is 5.10 Å². The number of rotatable bonds is 5. The van der Waals surface area contributed by atoms with Crippen molar-refractivity contribution in [2.45, 2.75) is 0 Å². The first-order valence-corrected chi connectivity index (χ1v) is 8.65. The van der Waals surface area contributed by atoms with Crippen LogP contribution in [0.15, 0.2) is 64.2 Å². The highest BCUT2D eigenvalue weighted by Gasteiger charge is 2.09. The number of carbonyl (C=O) groups excluding carboxylic acids is 1. The number of methoxy groups -OCH3 is 2. The molecular formula is C20H17BrN2O3. The van der Waals surface area contributed by atoms with Gasteiger partial charge >= 0.3 is 0 Å². The lowest BCUT2D eigenvalue weighted by atomic mass is 10.1. The lowest BCUT2D eigenvalue weighted by Gasteiger charge is -2.09. The van der Waals surface area contributed by atoms with E-state index in [0.29, 0.717) is 17.1 Å². The van der Waals surface area contributed by atoms with Crippen LogP contribution in [0.5, 0.6) is 11.5 Å². The Morgan fingerprint density at radius 2 is 1.69 bits per heavy atom. The van der Waals surface area contributed by atoms with E-state index in [1.807, 2.05) is 36.4 Å². The van der Waals surface area contributed by atoms with Crippen molar-refractivity contribution in [3.63, 3.8) is 0 Å². The van der Waals surface area contributed by atoms with Crippen molar-refractivity contribution in [1.29, 1.82) is 0 Å². The maximum absolute atomic E-state index is 12.3. The summed E-state index contributed by atoms with van der Waals surface area (Å²) < 4.78 is 11.3. The molecule has 0 heterocycles. The van der Waals surface area contributed by atoms with Crippen molar-refractivity contribution in [3.05, 3.63) is 70.2 Å². The van der Waals surface area contributed by atoms with Crippen LogP contribution in [0.1, 0.15) is 15.9 Å². The van der Waals surface area contributed by atoms with E-state index in [4.69, 9.17) is 9.47 Å². The molecule has 1 amide bonds. The third-order valence-electron chi connectivity index (χ3n) is 3.88. The van der Waals surface area contributed by atoms with Crippen molar-refractivity contribution in [3.8, 4) is 11.5 Å². The largest absolute Gasteiger partial charge is 0.493 e. The molecule has 0 aromatic heterocycles. The van der Waals surface area contributed by atoms with Gasteiger partial charge in [0.25, 0.3) is 5.91 Å². The summed E-state index contributed by atoms with van der Waals surface area (Å²) in [4.78, 5) is 12.3. The zero-order valence-corrected chi connectivity index (χ0v) is 15.9. The summed E-state index contributed by atoms with van der Waals surface area (Å²) >= 11 is 3.45. The molecule has 1 N–H and O–H groups in total. The summed E-state index contributed by atoms with van der Waals surface area (Å²) in [6.07, 6.45) is 1.55. The van der Waals surface area contributed by atoms with E-state index in [1.165, 1.54) is 0 Å². The first-order chi connectivity index (χ1) is 12.6. The fraction of sp³-hybridized carbons (Fsp3) is 0.100. The van der Waals surface area contributed by atoms with Crippen LogP contribution in [-0.2, 0) is 0 Å². The number of benzene rings is 3. The Morgan fingerprint density at radius 3 is 2.42 bits per heavy atom. The van der Waals surface area contributed by atoms with Crippen molar-refractivity contribution >= 4 is 38.8 Å². The van der Waals surface area contributed by atoms with Crippen LogP contribution in [0.4, 0.5) is 0 Å².